The number of aryl methyl sites for hydroxylation is 1. The molecule has 2 heterocycles. The van der Waals surface area contributed by atoms with Gasteiger partial charge in [-0.15, -0.1) is 0 Å². The summed E-state index contributed by atoms with van der Waals surface area (Å²) in [6.07, 6.45) is 1.73. The Kier molecular flexibility index (Phi) is 5.84. The van der Waals surface area contributed by atoms with Crippen LogP contribution in [0.3, 0.4) is 0 Å². The molecule has 0 N–H and O–H groups in total. The Morgan fingerprint density at radius 2 is 2.12 bits per heavy atom. The number of fused-ring (bicyclic) bond motifs is 1. The van der Waals surface area contributed by atoms with E-state index in [0.717, 1.165) is 42.8 Å². The standard InChI is InChI=1S/C19H24ClN3O3/c1-4-7-26-19-15(20)8-13(9-17(19)25-3)11-23-6-5-16-14(12-23)10-18(24)22(2)21-16/h8-10H,4-7,11-12H2,1-3H3. The molecule has 1 aliphatic rings. The molecule has 0 aliphatic carbocycles. The second-order valence-electron chi connectivity index (χ2n) is 6.50. The Bertz CT molecular complexity index is 851. The lowest BCUT2D eigenvalue weighted by Crippen LogP contribution is -2.34. The first-order valence-electron chi connectivity index (χ1n) is 8.79. The van der Waals surface area contributed by atoms with Gasteiger partial charge in [0.1, 0.15) is 0 Å². The molecule has 7 heteroatoms. The number of benzene rings is 1. The molecule has 0 radical (unpaired) electrons. The van der Waals surface area contributed by atoms with Gasteiger partial charge in [0.15, 0.2) is 11.5 Å². The predicted molar refractivity (Wildman–Crippen MR) is 101 cm³/mol. The number of nitrogens with zero attached hydrogens (tertiary/aromatic N) is 3. The molecule has 1 aromatic carbocycles. The number of aromatic nitrogens is 2. The summed E-state index contributed by atoms with van der Waals surface area (Å²) in [5, 5.41) is 4.91. The van der Waals surface area contributed by atoms with Gasteiger partial charge in [-0.2, -0.15) is 5.10 Å². The lowest BCUT2D eigenvalue weighted by molar-refractivity contribution is 0.240. The zero-order valence-corrected chi connectivity index (χ0v) is 16.2. The fraction of sp³-hybridized carbons (Fsp3) is 0.474. The van der Waals surface area contributed by atoms with E-state index in [9.17, 15) is 4.79 Å². The van der Waals surface area contributed by atoms with E-state index in [4.69, 9.17) is 21.1 Å². The van der Waals surface area contributed by atoms with Crippen molar-refractivity contribution in [1.82, 2.24) is 14.7 Å². The summed E-state index contributed by atoms with van der Waals surface area (Å²) >= 11 is 6.41. The van der Waals surface area contributed by atoms with Gasteiger partial charge in [0.2, 0.25) is 0 Å². The Hall–Kier alpha value is -2.05. The third kappa shape index (κ3) is 4.02. The lowest BCUT2D eigenvalue weighted by Gasteiger charge is -2.28. The molecular weight excluding hydrogens is 354 g/mol. The van der Waals surface area contributed by atoms with E-state index >= 15 is 0 Å². The molecule has 0 atom stereocenters. The first-order valence-corrected chi connectivity index (χ1v) is 9.17. The molecule has 2 aromatic rings. The van der Waals surface area contributed by atoms with Crippen LogP contribution in [0.1, 0.15) is 30.2 Å². The molecule has 0 fully saturated rings. The summed E-state index contributed by atoms with van der Waals surface area (Å²) in [7, 11) is 3.30. The Balaban J connectivity index is 1.78. The smallest absolute Gasteiger partial charge is 0.266 e. The maximum atomic E-state index is 11.8. The predicted octanol–water partition coefficient (Wildman–Crippen LogP) is 2.79. The molecule has 140 valence electrons. The molecule has 0 spiro atoms. The van der Waals surface area contributed by atoms with Gasteiger partial charge in [-0.05, 0) is 29.7 Å². The van der Waals surface area contributed by atoms with E-state index in [2.05, 4.69) is 10.00 Å². The van der Waals surface area contributed by atoms with E-state index in [1.54, 1.807) is 20.2 Å². The molecule has 1 aliphatic heterocycles. The highest BCUT2D eigenvalue weighted by molar-refractivity contribution is 6.32. The zero-order valence-electron chi connectivity index (χ0n) is 15.4. The Morgan fingerprint density at radius 3 is 2.85 bits per heavy atom. The van der Waals surface area contributed by atoms with Crippen LogP contribution >= 0.6 is 11.6 Å². The van der Waals surface area contributed by atoms with Gasteiger partial charge in [0.05, 0.1) is 24.4 Å². The van der Waals surface area contributed by atoms with Crippen molar-refractivity contribution >= 4 is 11.6 Å². The van der Waals surface area contributed by atoms with Gasteiger partial charge in [0, 0.05) is 39.2 Å². The van der Waals surface area contributed by atoms with Crippen LogP contribution in [-0.2, 0) is 26.6 Å². The van der Waals surface area contributed by atoms with Gasteiger partial charge in [-0.1, -0.05) is 18.5 Å². The third-order valence-corrected chi connectivity index (χ3v) is 4.74. The molecule has 0 unspecified atom stereocenters. The molecule has 6 nitrogen and oxygen atoms in total. The Labute approximate surface area is 158 Å². The van der Waals surface area contributed by atoms with Gasteiger partial charge in [-0.3, -0.25) is 9.69 Å². The van der Waals surface area contributed by atoms with Crippen LogP contribution in [0.4, 0.5) is 0 Å². The number of rotatable bonds is 6. The molecule has 0 bridgehead atoms. The molecule has 26 heavy (non-hydrogen) atoms. The summed E-state index contributed by atoms with van der Waals surface area (Å²) in [6, 6.07) is 5.57. The number of ether oxygens (including phenoxy) is 2. The molecular formula is C19H24ClN3O3. The van der Waals surface area contributed by atoms with Crippen LogP contribution in [0.25, 0.3) is 0 Å². The maximum absolute atomic E-state index is 11.8. The minimum absolute atomic E-state index is 0.0762. The van der Waals surface area contributed by atoms with Crippen LogP contribution < -0.4 is 15.0 Å². The highest BCUT2D eigenvalue weighted by Gasteiger charge is 2.20. The van der Waals surface area contributed by atoms with Gasteiger partial charge in [0.25, 0.3) is 5.56 Å². The van der Waals surface area contributed by atoms with Crippen molar-refractivity contribution in [3.05, 3.63) is 50.4 Å². The number of hydrogen-bond acceptors (Lipinski definition) is 5. The van der Waals surface area contributed by atoms with Crippen LogP contribution in [-0.4, -0.2) is 34.9 Å². The molecule has 0 amide bonds. The average molecular weight is 378 g/mol. The van der Waals surface area contributed by atoms with E-state index in [1.165, 1.54) is 4.68 Å². The average Bonchev–Trinajstić information content (AvgIpc) is 2.61. The Morgan fingerprint density at radius 1 is 1.31 bits per heavy atom. The number of hydrogen-bond donors (Lipinski definition) is 0. The van der Waals surface area contributed by atoms with E-state index in [-0.39, 0.29) is 5.56 Å². The normalized spacial score (nSPS) is 14.2. The van der Waals surface area contributed by atoms with Crippen molar-refractivity contribution in [3.8, 4) is 11.5 Å². The highest BCUT2D eigenvalue weighted by Crippen LogP contribution is 2.37. The monoisotopic (exact) mass is 377 g/mol. The fourth-order valence-corrected chi connectivity index (χ4v) is 3.44. The van der Waals surface area contributed by atoms with Crippen LogP contribution in [0.5, 0.6) is 11.5 Å². The largest absolute Gasteiger partial charge is 0.493 e. The van der Waals surface area contributed by atoms with Gasteiger partial charge >= 0.3 is 0 Å². The minimum Gasteiger partial charge on any atom is -0.493 e. The zero-order chi connectivity index (χ0) is 18.7. The van der Waals surface area contributed by atoms with E-state index in [1.807, 2.05) is 19.1 Å². The molecule has 1 aromatic heterocycles. The van der Waals surface area contributed by atoms with Crippen LogP contribution in [0.2, 0.25) is 5.02 Å². The fourth-order valence-electron chi connectivity index (χ4n) is 3.15. The number of methoxy groups -OCH3 is 1. The quantitative estimate of drug-likeness (QED) is 0.774. The summed E-state index contributed by atoms with van der Waals surface area (Å²) in [6.45, 7) is 4.95. The van der Waals surface area contributed by atoms with E-state index < -0.39 is 0 Å². The van der Waals surface area contributed by atoms with E-state index in [0.29, 0.717) is 29.7 Å². The first kappa shape index (κ1) is 18.7. The topological polar surface area (TPSA) is 56.6 Å². The van der Waals surface area contributed by atoms with Crippen molar-refractivity contribution in [3.63, 3.8) is 0 Å². The second kappa shape index (κ2) is 8.10. The first-order chi connectivity index (χ1) is 12.5. The van der Waals surface area contributed by atoms with Crippen molar-refractivity contribution < 1.29 is 9.47 Å². The molecule has 0 saturated heterocycles. The summed E-state index contributed by atoms with van der Waals surface area (Å²) in [4.78, 5) is 14.1. The van der Waals surface area contributed by atoms with Crippen molar-refractivity contribution in [2.75, 3.05) is 20.3 Å². The lowest BCUT2D eigenvalue weighted by atomic mass is 10.1. The maximum Gasteiger partial charge on any atom is 0.266 e. The van der Waals surface area contributed by atoms with Crippen LogP contribution in [0.15, 0.2) is 23.0 Å². The van der Waals surface area contributed by atoms with Crippen LogP contribution in [0, 0.1) is 0 Å². The van der Waals surface area contributed by atoms with Crippen molar-refractivity contribution in [1.29, 1.82) is 0 Å². The summed E-state index contributed by atoms with van der Waals surface area (Å²) in [5.74, 6) is 1.24. The number of halogens is 1. The second-order valence-corrected chi connectivity index (χ2v) is 6.90. The molecule has 3 rings (SSSR count). The minimum atomic E-state index is -0.0762. The molecule has 0 saturated carbocycles. The highest BCUT2D eigenvalue weighted by atomic mass is 35.5. The SMILES string of the molecule is CCCOc1c(Cl)cc(CN2CCc3nn(C)c(=O)cc3C2)cc1OC. The van der Waals surface area contributed by atoms with Crippen molar-refractivity contribution in [2.24, 2.45) is 7.05 Å². The summed E-state index contributed by atoms with van der Waals surface area (Å²) < 4.78 is 12.6. The van der Waals surface area contributed by atoms with Crippen molar-refractivity contribution in [2.45, 2.75) is 32.9 Å². The third-order valence-electron chi connectivity index (χ3n) is 4.46. The van der Waals surface area contributed by atoms with Gasteiger partial charge < -0.3 is 9.47 Å². The summed E-state index contributed by atoms with van der Waals surface area (Å²) in [5.41, 5.74) is 2.98. The van der Waals surface area contributed by atoms with Gasteiger partial charge in [-0.25, -0.2) is 4.68 Å².